The van der Waals surface area contributed by atoms with Crippen LogP contribution in [0.1, 0.15) is 18.4 Å². The van der Waals surface area contributed by atoms with Crippen LogP contribution in [0.3, 0.4) is 0 Å². The number of nitrogens with zero attached hydrogens (tertiary/aromatic N) is 1. The van der Waals surface area contributed by atoms with Gasteiger partial charge in [0.15, 0.2) is 9.84 Å². The van der Waals surface area contributed by atoms with Crippen LogP contribution in [-0.2, 0) is 21.2 Å². The molecule has 2 aliphatic rings. The highest BCUT2D eigenvalue weighted by atomic mass is 79.9. The van der Waals surface area contributed by atoms with Crippen molar-refractivity contribution in [1.29, 1.82) is 0 Å². The van der Waals surface area contributed by atoms with E-state index < -0.39 is 33.1 Å². The quantitative estimate of drug-likeness (QED) is 0.758. The van der Waals surface area contributed by atoms with E-state index in [1.54, 1.807) is 0 Å². The third-order valence-corrected chi connectivity index (χ3v) is 6.66. The van der Waals surface area contributed by atoms with Gasteiger partial charge in [0, 0.05) is 4.47 Å². The number of urea groups is 1. The van der Waals surface area contributed by atoms with Gasteiger partial charge < -0.3 is 5.32 Å². The van der Waals surface area contributed by atoms with Crippen molar-refractivity contribution < 1.29 is 22.4 Å². The van der Waals surface area contributed by atoms with Gasteiger partial charge in [-0.3, -0.25) is 9.69 Å². The summed E-state index contributed by atoms with van der Waals surface area (Å²) in [5.41, 5.74) is -0.537. The highest BCUT2D eigenvalue weighted by Gasteiger charge is 2.53. The van der Waals surface area contributed by atoms with E-state index >= 15 is 0 Å². The van der Waals surface area contributed by atoms with E-state index in [4.69, 9.17) is 0 Å². The number of imide groups is 1. The van der Waals surface area contributed by atoms with E-state index in [1.807, 2.05) is 0 Å². The zero-order chi connectivity index (χ0) is 16.8. The molecule has 1 spiro atoms. The third-order valence-electron chi connectivity index (χ3n) is 4.27. The summed E-state index contributed by atoms with van der Waals surface area (Å²) in [4.78, 5) is 25.9. The topological polar surface area (TPSA) is 83.5 Å². The minimum Gasteiger partial charge on any atom is -0.323 e. The molecule has 0 radical (unpaired) electrons. The van der Waals surface area contributed by atoms with Crippen LogP contribution in [-0.4, -0.2) is 42.3 Å². The predicted octanol–water partition coefficient (Wildman–Crippen LogP) is 1.59. The lowest BCUT2D eigenvalue weighted by Gasteiger charge is -2.30. The summed E-state index contributed by atoms with van der Waals surface area (Å²) < 4.78 is 36.7. The Balaban J connectivity index is 1.82. The molecule has 0 bridgehead atoms. The van der Waals surface area contributed by atoms with Crippen molar-refractivity contribution in [3.8, 4) is 0 Å². The zero-order valence-electron chi connectivity index (χ0n) is 12.0. The van der Waals surface area contributed by atoms with E-state index in [9.17, 15) is 22.4 Å². The van der Waals surface area contributed by atoms with E-state index in [-0.39, 0.29) is 30.9 Å². The molecule has 3 rings (SSSR count). The van der Waals surface area contributed by atoms with Crippen molar-refractivity contribution in [2.24, 2.45) is 0 Å². The second-order valence-corrected chi connectivity index (χ2v) is 8.95. The maximum Gasteiger partial charge on any atom is 0.325 e. The van der Waals surface area contributed by atoms with Gasteiger partial charge in [-0.1, -0.05) is 22.0 Å². The van der Waals surface area contributed by atoms with E-state index in [1.165, 1.54) is 18.2 Å². The van der Waals surface area contributed by atoms with Gasteiger partial charge in [-0.25, -0.2) is 17.6 Å². The average Bonchev–Trinajstić information content (AvgIpc) is 2.70. The lowest BCUT2D eigenvalue weighted by Crippen LogP contribution is -2.52. The number of amides is 3. The molecule has 0 atom stereocenters. The van der Waals surface area contributed by atoms with Crippen molar-refractivity contribution >= 4 is 37.7 Å². The van der Waals surface area contributed by atoms with Gasteiger partial charge in [-0.2, -0.15) is 0 Å². The molecule has 2 fully saturated rings. The highest BCUT2D eigenvalue weighted by Crippen LogP contribution is 2.32. The van der Waals surface area contributed by atoms with Crippen molar-refractivity contribution in [2.45, 2.75) is 24.9 Å². The number of hydrogen-bond acceptors (Lipinski definition) is 4. The summed E-state index contributed by atoms with van der Waals surface area (Å²) in [6.07, 6.45) is 0.169. The van der Waals surface area contributed by atoms with Crippen molar-refractivity contribution in [1.82, 2.24) is 10.2 Å². The summed E-state index contributed by atoms with van der Waals surface area (Å²) in [6, 6.07) is 3.46. The fourth-order valence-electron chi connectivity index (χ4n) is 2.87. The zero-order valence-corrected chi connectivity index (χ0v) is 14.4. The van der Waals surface area contributed by atoms with E-state index in [2.05, 4.69) is 21.2 Å². The molecule has 9 heteroatoms. The summed E-state index contributed by atoms with van der Waals surface area (Å²) in [5.74, 6) is -1.08. The van der Waals surface area contributed by atoms with Gasteiger partial charge in [0.25, 0.3) is 5.91 Å². The minimum absolute atomic E-state index is 0.0000298. The van der Waals surface area contributed by atoms with Gasteiger partial charge in [0.2, 0.25) is 0 Å². The van der Waals surface area contributed by atoms with Crippen LogP contribution in [0.5, 0.6) is 0 Å². The van der Waals surface area contributed by atoms with Crippen LogP contribution in [0.25, 0.3) is 0 Å². The van der Waals surface area contributed by atoms with E-state index in [0.29, 0.717) is 10.0 Å². The fraction of sp³-hybridized carbons (Fsp3) is 0.429. The molecule has 3 amide bonds. The van der Waals surface area contributed by atoms with Crippen molar-refractivity contribution in [3.63, 3.8) is 0 Å². The second kappa shape index (κ2) is 5.55. The molecule has 1 aromatic carbocycles. The molecular formula is C14H14BrFN2O4S. The first-order valence-electron chi connectivity index (χ1n) is 7.01. The summed E-state index contributed by atoms with van der Waals surface area (Å²) >= 11 is 3.21. The number of sulfone groups is 1. The molecule has 0 unspecified atom stereocenters. The Labute approximate surface area is 141 Å². The number of carbonyl (C=O) groups is 2. The Bertz CT molecular complexity index is 782. The average molecular weight is 405 g/mol. The van der Waals surface area contributed by atoms with Crippen LogP contribution >= 0.6 is 15.9 Å². The molecule has 23 heavy (non-hydrogen) atoms. The smallest absolute Gasteiger partial charge is 0.323 e. The molecule has 2 aliphatic heterocycles. The van der Waals surface area contributed by atoms with E-state index in [0.717, 1.165) is 4.90 Å². The molecule has 124 valence electrons. The third kappa shape index (κ3) is 2.99. The van der Waals surface area contributed by atoms with Gasteiger partial charge in [0.05, 0.1) is 18.1 Å². The van der Waals surface area contributed by atoms with Crippen LogP contribution < -0.4 is 5.32 Å². The molecular weight excluding hydrogens is 391 g/mol. The Morgan fingerprint density at radius 2 is 1.91 bits per heavy atom. The molecule has 0 aromatic heterocycles. The lowest BCUT2D eigenvalue weighted by molar-refractivity contribution is -0.132. The highest BCUT2D eigenvalue weighted by molar-refractivity contribution is 9.10. The monoisotopic (exact) mass is 404 g/mol. The van der Waals surface area contributed by atoms with Gasteiger partial charge in [0.1, 0.15) is 11.4 Å². The number of nitrogens with one attached hydrogen (secondary N) is 1. The Morgan fingerprint density at radius 1 is 1.26 bits per heavy atom. The number of rotatable bonds is 2. The maximum absolute atomic E-state index is 13.1. The van der Waals surface area contributed by atoms with Crippen molar-refractivity contribution in [3.05, 3.63) is 34.1 Å². The summed E-state index contributed by atoms with van der Waals surface area (Å²) in [6.45, 7) is 0.0000298. The first-order chi connectivity index (χ1) is 10.7. The maximum atomic E-state index is 13.1. The molecule has 1 N–H and O–H groups in total. The lowest BCUT2D eigenvalue weighted by atomic mass is 9.92. The van der Waals surface area contributed by atoms with Crippen LogP contribution in [0, 0.1) is 5.82 Å². The van der Waals surface area contributed by atoms with Gasteiger partial charge in [-0.05, 0) is 30.5 Å². The first-order valence-corrected chi connectivity index (χ1v) is 9.62. The van der Waals surface area contributed by atoms with Crippen LogP contribution in [0.4, 0.5) is 9.18 Å². The number of carbonyl (C=O) groups excluding carboxylic acids is 2. The summed E-state index contributed by atoms with van der Waals surface area (Å²) in [5, 5.41) is 2.64. The standard InChI is InChI=1S/C14H14BrFN2O4S/c15-11-7-10(16)2-1-9(11)8-18-12(19)14(17-13(18)20)3-5-23(21,22)6-4-14/h1-2,7H,3-6,8H2,(H,17,20). The second-order valence-electron chi connectivity index (χ2n) is 5.79. The predicted molar refractivity (Wildman–Crippen MR) is 83.8 cm³/mol. The Hall–Kier alpha value is -1.48. The first kappa shape index (κ1) is 16.4. The molecule has 6 nitrogen and oxygen atoms in total. The van der Waals surface area contributed by atoms with Crippen LogP contribution in [0.2, 0.25) is 0 Å². The van der Waals surface area contributed by atoms with Gasteiger partial charge >= 0.3 is 6.03 Å². The molecule has 0 aliphatic carbocycles. The summed E-state index contributed by atoms with van der Waals surface area (Å²) in [7, 11) is -3.15. The molecule has 0 saturated carbocycles. The number of halogens is 2. The molecule has 1 aromatic rings. The fourth-order valence-corrected chi connectivity index (χ4v) is 4.86. The number of benzene rings is 1. The van der Waals surface area contributed by atoms with Crippen molar-refractivity contribution in [2.75, 3.05) is 11.5 Å². The Kier molecular flexibility index (Phi) is 3.96. The number of hydrogen-bond donors (Lipinski definition) is 1. The Morgan fingerprint density at radius 3 is 2.52 bits per heavy atom. The van der Waals surface area contributed by atoms with Crippen LogP contribution in [0.15, 0.2) is 22.7 Å². The SMILES string of the molecule is O=C1NC2(CCS(=O)(=O)CC2)C(=O)N1Cc1ccc(F)cc1Br. The molecule has 2 heterocycles. The molecule has 2 saturated heterocycles. The van der Waals surface area contributed by atoms with Gasteiger partial charge in [-0.15, -0.1) is 0 Å². The minimum atomic E-state index is -3.15. The normalized spacial score (nSPS) is 22.4. The largest absolute Gasteiger partial charge is 0.325 e.